The maximum Gasteiger partial charge on any atom is 0.112 e. The summed E-state index contributed by atoms with van der Waals surface area (Å²) in [5.74, 6) is 0. The number of benzene rings is 1. The third-order valence-corrected chi connectivity index (χ3v) is 4.08. The van der Waals surface area contributed by atoms with E-state index in [0.717, 1.165) is 11.1 Å². The normalized spacial score (nSPS) is 14.3. The van der Waals surface area contributed by atoms with Crippen LogP contribution < -0.4 is 0 Å². The lowest BCUT2D eigenvalue weighted by atomic mass is 10.2. The number of rotatable bonds is 3. The predicted molar refractivity (Wildman–Crippen MR) is 66.3 cm³/mol. The van der Waals surface area contributed by atoms with E-state index in [-0.39, 0.29) is 0 Å². The van der Waals surface area contributed by atoms with Gasteiger partial charge in [0.05, 0.1) is 10.8 Å². The van der Waals surface area contributed by atoms with Crippen LogP contribution in [-0.4, -0.2) is 4.21 Å². The van der Waals surface area contributed by atoms with E-state index in [2.05, 4.69) is 6.58 Å². The van der Waals surface area contributed by atoms with Gasteiger partial charge < -0.3 is 0 Å². The third-order valence-electron chi connectivity index (χ3n) is 2.01. The van der Waals surface area contributed by atoms with Crippen molar-refractivity contribution in [3.8, 4) is 0 Å². The highest BCUT2D eigenvalue weighted by Gasteiger charge is 2.09. The minimum atomic E-state index is -1.29. The Labute approximate surface area is 97.9 Å². The zero-order chi connectivity index (χ0) is 11.4. The van der Waals surface area contributed by atoms with Gasteiger partial charge in [-0.3, -0.25) is 0 Å². The van der Waals surface area contributed by atoms with Crippen molar-refractivity contribution in [2.75, 3.05) is 0 Å². The second kappa shape index (κ2) is 5.29. The average molecular weight is 241 g/mol. The van der Waals surface area contributed by atoms with Crippen LogP contribution in [0.5, 0.6) is 0 Å². The molecule has 0 saturated heterocycles. The van der Waals surface area contributed by atoms with Crippen molar-refractivity contribution < 1.29 is 4.21 Å². The van der Waals surface area contributed by atoms with Crippen molar-refractivity contribution in [3.05, 3.63) is 52.4 Å². The second-order valence-electron chi connectivity index (χ2n) is 3.24. The molecule has 1 aromatic rings. The predicted octanol–water partition coefficient (Wildman–Crippen LogP) is 3.76. The van der Waals surface area contributed by atoms with Crippen molar-refractivity contribution in [2.24, 2.45) is 0 Å². The topological polar surface area (TPSA) is 17.1 Å². The highest BCUT2D eigenvalue weighted by Crippen LogP contribution is 2.21. The molecule has 0 spiro atoms. The van der Waals surface area contributed by atoms with Gasteiger partial charge in [-0.2, -0.15) is 0 Å². The molecule has 3 heteroatoms. The van der Waals surface area contributed by atoms with Gasteiger partial charge in [-0.25, -0.2) is 4.21 Å². The molecule has 80 valence electrons. The standard InChI is InChI=1S/C12H13ClOS/c1-4-10(3)12(13)15(14)11-7-5-9(2)6-8-11/h4-8H,1H2,2-3H3/b12-10-/t15-/m1/s1. The smallest absolute Gasteiger partial charge is 0.112 e. The van der Waals surface area contributed by atoms with Crippen LogP contribution in [0.3, 0.4) is 0 Å². The molecule has 0 unspecified atom stereocenters. The van der Waals surface area contributed by atoms with Crippen LogP contribution in [0.4, 0.5) is 0 Å². The summed E-state index contributed by atoms with van der Waals surface area (Å²) in [5, 5.41) is 0. The third kappa shape index (κ3) is 3.05. The van der Waals surface area contributed by atoms with Crippen molar-refractivity contribution in [3.63, 3.8) is 0 Å². The Bertz CT molecular complexity index is 418. The summed E-state index contributed by atoms with van der Waals surface area (Å²) in [6.07, 6.45) is 1.61. The Balaban J connectivity index is 3.05. The maximum absolute atomic E-state index is 11.9. The first-order valence-corrected chi connectivity index (χ1v) is 6.06. The lowest BCUT2D eigenvalue weighted by molar-refractivity contribution is 0.687. The maximum atomic E-state index is 11.9. The largest absolute Gasteiger partial charge is 0.248 e. The van der Waals surface area contributed by atoms with Crippen LogP contribution in [0.15, 0.2) is 51.8 Å². The molecule has 15 heavy (non-hydrogen) atoms. The molecule has 0 fully saturated rings. The molecule has 0 aliphatic heterocycles. The van der Waals surface area contributed by atoms with Crippen molar-refractivity contribution in [1.82, 2.24) is 0 Å². The van der Waals surface area contributed by atoms with E-state index in [1.165, 1.54) is 0 Å². The van der Waals surface area contributed by atoms with Gasteiger partial charge in [0, 0.05) is 4.90 Å². The van der Waals surface area contributed by atoms with Gasteiger partial charge in [-0.1, -0.05) is 42.0 Å². The fourth-order valence-electron chi connectivity index (χ4n) is 0.992. The average Bonchev–Trinajstić information content (AvgIpc) is 2.27. The summed E-state index contributed by atoms with van der Waals surface area (Å²) >= 11 is 5.96. The van der Waals surface area contributed by atoms with Crippen LogP contribution in [0.25, 0.3) is 0 Å². The molecule has 1 nitrogen and oxygen atoms in total. The van der Waals surface area contributed by atoms with E-state index in [1.54, 1.807) is 13.0 Å². The Morgan fingerprint density at radius 1 is 1.40 bits per heavy atom. The van der Waals surface area contributed by atoms with E-state index in [9.17, 15) is 4.21 Å². The molecule has 0 aromatic heterocycles. The number of halogens is 1. The summed E-state index contributed by atoms with van der Waals surface area (Å²) in [6, 6.07) is 7.48. The zero-order valence-corrected chi connectivity index (χ0v) is 10.4. The van der Waals surface area contributed by atoms with Crippen molar-refractivity contribution >= 4 is 22.4 Å². The van der Waals surface area contributed by atoms with Crippen LogP contribution in [0.2, 0.25) is 0 Å². The first kappa shape index (κ1) is 12.2. The first-order chi connectivity index (χ1) is 7.06. The number of hydrogen-bond donors (Lipinski definition) is 0. The molecular weight excluding hydrogens is 228 g/mol. The lowest BCUT2D eigenvalue weighted by Crippen LogP contribution is -1.93. The van der Waals surface area contributed by atoms with Gasteiger partial charge in [-0.15, -0.1) is 0 Å². The quantitative estimate of drug-likeness (QED) is 0.736. The molecule has 0 radical (unpaired) electrons. The fraction of sp³-hybridized carbons (Fsp3) is 0.167. The van der Waals surface area contributed by atoms with Gasteiger partial charge in [-0.05, 0) is 31.6 Å². The van der Waals surface area contributed by atoms with Crippen LogP contribution in [-0.2, 0) is 10.8 Å². The minimum Gasteiger partial charge on any atom is -0.248 e. The zero-order valence-electron chi connectivity index (χ0n) is 8.79. The van der Waals surface area contributed by atoms with E-state index >= 15 is 0 Å². The molecule has 1 atom stereocenters. The van der Waals surface area contributed by atoms with Gasteiger partial charge in [0.1, 0.15) is 4.36 Å². The molecule has 1 aromatic carbocycles. The second-order valence-corrected chi connectivity index (χ2v) is 5.26. The van der Waals surface area contributed by atoms with Crippen molar-refractivity contribution in [2.45, 2.75) is 18.7 Å². The fourth-order valence-corrected chi connectivity index (χ4v) is 2.30. The summed E-state index contributed by atoms with van der Waals surface area (Å²) in [6.45, 7) is 7.37. The molecule has 0 heterocycles. The first-order valence-electron chi connectivity index (χ1n) is 4.53. The summed E-state index contributed by atoms with van der Waals surface area (Å²) in [7, 11) is -1.29. The molecule has 0 aliphatic carbocycles. The minimum absolute atomic E-state index is 0.342. The number of allylic oxidation sites excluding steroid dienone is 2. The molecule has 0 saturated carbocycles. The molecule has 0 N–H and O–H groups in total. The van der Waals surface area contributed by atoms with Gasteiger partial charge in [0.25, 0.3) is 0 Å². The van der Waals surface area contributed by atoms with Crippen LogP contribution in [0, 0.1) is 6.92 Å². The van der Waals surface area contributed by atoms with Gasteiger partial charge in [0.2, 0.25) is 0 Å². The molecule has 0 aliphatic rings. The monoisotopic (exact) mass is 240 g/mol. The van der Waals surface area contributed by atoms with E-state index < -0.39 is 10.8 Å². The van der Waals surface area contributed by atoms with Crippen LogP contribution >= 0.6 is 11.6 Å². The Morgan fingerprint density at radius 3 is 2.40 bits per heavy atom. The Kier molecular flexibility index (Phi) is 4.30. The Hall–Kier alpha value is -0.860. The lowest BCUT2D eigenvalue weighted by Gasteiger charge is -2.03. The number of aryl methyl sites for hydroxylation is 1. The highest BCUT2D eigenvalue weighted by atomic mass is 35.5. The van der Waals surface area contributed by atoms with E-state index in [0.29, 0.717) is 9.26 Å². The molecule has 1 rings (SSSR count). The summed E-state index contributed by atoms with van der Waals surface area (Å²) in [4.78, 5) is 0.715. The van der Waals surface area contributed by atoms with Crippen molar-refractivity contribution in [1.29, 1.82) is 0 Å². The number of hydrogen-bond acceptors (Lipinski definition) is 1. The highest BCUT2D eigenvalue weighted by molar-refractivity contribution is 7.90. The van der Waals surface area contributed by atoms with E-state index in [1.807, 2.05) is 31.2 Å². The summed E-state index contributed by atoms with van der Waals surface area (Å²) in [5.41, 5.74) is 1.88. The van der Waals surface area contributed by atoms with E-state index in [4.69, 9.17) is 11.6 Å². The molecule has 0 amide bonds. The van der Waals surface area contributed by atoms with Gasteiger partial charge >= 0.3 is 0 Å². The summed E-state index contributed by atoms with van der Waals surface area (Å²) < 4.78 is 12.3. The van der Waals surface area contributed by atoms with Gasteiger partial charge in [0.15, 0.2) is 0 Å². The van der Waals surface area contributed by atoms with Crippen LogP contribution in [0.1, 0.15) is 12.5 Å². The molecule has 0 bridgehead atoms. The SMILES string of the molecule is C=C/C(C)=C(/Cl)[S@](=O)c1ccc(C)cc1. The molecular formula is C12H13ClOS. The Morgan fingerprint density at radius 2 is 1.93 bits per heavy atom.